The number of benzene rings is 2. The number of hydrogen-bond acceptors (Lipinski definition) is 5. The third kappa shape index (κ3) is 5.34. The number of rotatable bonds is 9. The molecule has 1 unspecified atom stereocenters. The Labute approximate surface area is 172 Å². The maximum absolute atomic E-state index is 12.3. The summed E-state index contributed by atoms with van der Waals surface area (Å²) in [4.78, 5) is 14.7. The number of nitrogens with one attached hydrogen (secondary N) is 1. The van der Waals surface area contributed by atoms with Crippen molar-refractivity contribution in [2.24, 2.45) is 5.92 Å². The highest BCUT2D eigenvalue weighted by Crippen LogP contribution is 2.38. The SMILES string of the molecule is COc1cc(CCC(=O)NCC2CCN(c3ccccc3)C2)cc(OC)c1OC. The normalized spacial score (nSPS) is 15.8. The first-order valence-electron chi connectivity index (χ1n) is 10.00. The van der Waals surface area contributed by atoms with E-state index in [0.29, 0.717) is 36.0 Å². The van der Waals surface area contributed by atoms with Crippen molar-refractivity contribution >= 4 is 11.6 Å². The molecule has 29 heavy (non-hydrogen) atoms. The fraction of sp³-hybridized carbons (Fsp3) is 0.435. The number of para-hydroxylation sites is 1. The molecule has 1 N–H and O–H groups in total. The molecular weight excluding hydrogens is 368 g/mol. The second-order valence-corrected chi connectivity index (χ2v) is 7.27. The van der Waals surface area contributed by atoms with Crippen molar-refractivity contribution in [1.82, 2.24) is 5.32 Å². The largest absolute Gasteiger partial charge is 0.493 e. The highest BCUT2D eigenvalue weighted by molar-refractivity contribution is 5.76. The Kier molecular flexibility index (Phi) is 7.22. The summed E-state index contributed by atoms with van der Waals surface area (Å²) in [6.45, 7) is 2.74. The molecule has 0 spiro atoms. The second-order valence-electron chi connectivity index (χ2n) is 7.27. The molecule has 0 bridgehead atoms. The molecule has 6 heteroatoms. The lowest BCUT2D eigenvalue weighted by Gasteiger charge is -2.18. The molecule has 0 aromatic heterocycles. The van der Waals surface area contributed by atoms with Crippen LogP contribution in [0.5, 0.6) is 17.2 Å². The summed E-state index contributed by atoms with van der Waals surface area (Å²) in [7, 11) is 4.76. The van der Waals surface area contributed by atoms with Gasteiger partial charge in [-0.25, -0.2) is 0 Å². The standard InChI is InChI=1S/C23H30N2O4/c1-27-20-13-17(14-21(28-2)23(20)29-3)9-10-22(26)24-15-18-11-12-25(16-18)19-7-5-4-6-8-19/h4-8,13-14,18H,9-12,15-16H2,1-3H3,(H,24,26). The highest BCUT2D eigenvalue weighted by Gasteiger charge is 2.23. The molecule has 0 saturated carbocycles. The van der Waals surface area contributed by atoms with Crippen LogP contribution >= 0.6 is 0 Å². The number of carbonyl (C=O) groups excluding carboxylic acids is 1. The predicted octanol–water partition coefficient (Wildman–Crippen LogP) is 3.29. The predicted molar refractivity (Wildman–Crippen MR) is 114 cm³/mol. The summed E-state index contributed by atoms with van der Waals surface area (Å²) in [5.41, 5.74) is 2.23. The number of aryl methyl sites for hydroxylation is 1. The molecule has 1 aliphatic heterocycles. The van der Waals surface area contributed by atoms with E-state index in [-0.39, 0.29) is 5.91 Å². The second kappa shape index (κ2) is 10.0. The van der Waals surface area contributed by atoms with Gasteiger partial charge < -0.3 is 24.4 Å². The van der Waals surface area contributed by atoms with Gasteiger partial charge in [-0.3, -0.25) is 4.79 Å². The lowest BCUT2D eigenvalue weighted by Crippen LogP contribution is -2.31. The molecule has 156 valence electrons. The van der Waals surface area contributed by atoms with Crippen LogP contribution in [0.3, 0.4) is 0 Å². The Bertz CT molecular complexity index is 785. The van der Waals surface area contributed by atoms with E-state index in [9.17, 15) is 4.79 Å². The Morgan fingerprint density at radius 3 is 2.38 bits per heavy atom. The topological polar surface area (TPSA) is 60.0 Å². The van der Waals surface area contributed by atoms with Gasteiger partial charge in [-0.05, 0) is 48.6 Å². The first-order chi connectivity index (χ1) is 14.1. The molecule has 1 atom stereocenters. The lowest BCUT2D eigenvalue weighted by molar-refractivity contribution is -0.121. The van der Waals surface area contributed by atoms with Crippen molar-refractivity contribution in [3.05, 3.63) is 48.0 Å². The van der Waals surface area contributed by atoms with Crippen LogP contribution in [-0.2, 0) is 11.2 Å². The highest BCUT2D eigenvalue weighted by atomic mass is 16.5. The van der Waals surface area contributed by atoms with Gasteiger partial charge >= 0.3 is 0 Å². The zero-order valence-corrected chi connectivity index (χ0v) is 17.4. The van der Waals surface area contributed by atoms with E-state index in [1.165, 1.54) is 5.69 Å². The third-order valence-corrected chi connectivity index (χ3v) is 5.36. The lowest BCUT2D eigenvalue weighted by atomic mass is 10.1. The number of methoxy groups -OCH3 is 3. The van der Waals surface area contributed by atoms with Gasteiger partial charge in [0.1, 0.15) is 0 Å². The fourth-order valence-electron chi connectivity index (χ4n) is 3.76. The summed E-state index contributed by atoms with van der Waals surface area (Å²) < 4.78 is 16.1. The molecule has 1 fully saturated rings. The summed E-state index contributed by atoms with van der Waals surface area (Å²) in [6.07, 6.45) is 2.14. The van der Waals surface area contributed by atoms with Crippen LogP contribution in [0.2, 0.25) is 0 Å². The summed E-state index contributed by atoms with van der Waals surface area (Å²) in [6, 6.07) is 14.2. The zero-order valence-electron chi connectivity index (χ0n) is 17.4. The van der Waals surface area contributed by atoms with Crippen molar-refractivity contribution < 1.29 is 19.0 Å². The Morgan fingerprint density at radius 1 is 1.07 bits per heavy atom. The van der Waals surface area contributed by atoms with Crippen LogP contribution in [-0.4, -0.2) is 46.9 Å². The van der Waals surface area contributed by atoms with Gasteiger partial charge in [0.05, 0.1) is 21.3 Å². The van der Waals surface area contributed by atoms with Gasteiger partial charge in [0, 0.05) is 31.7 Å². The number of ether oxygens (including phenoxy) is 3. The molecule has 3 rings (SSSR count). The molecule has 1 saturated heterocycles. The van der Waals surface area contributed by atoms with Crippen LogP contribution in [0.1, 0.15) is 18.4 Å². The third-order valence-electron chi connectivity index (χ3n) is 5.36. The molecule has 2 aromatic carbocycles. The van der Waals surface area contributed by atoms with E-state index >= 15 is 0 Å². The van der Waals surface area contributed by atoms with Gasteiger partial charge in [0.25, 0.3) is 0 Å². The molecule has 0 radical (unpaired) electrons. The fourth-order valence-corrected chi connectivity index (χ4v) is 3.76. The van der Waals surface area contributed by atoms with E-state index in [0.717, 1.165) is 31.6 Å². The Hall–Kier alpha value is -2.89. The molecule has 2 aromatic rings. The number of hydrogen-bond donors (Lipinski definition) is 1. The van der Waals surface area contributed by atoms with Crippen LogP contribution in [0, 0.1) is 5.92 Å². The minimum absolute atomic E-state index is 0.0666. The zero-order chi connectivity index (χ0) is 20.6. The van der Waals surface area contributed by atoms with Gasteiger partial charge in [0.15, 0.2) is 11.5 Å². The average Bonchev–Trinajstić information content (AvgIpc) is 3.25. The van der Waals surface area contributed by atoms with E-state index in [4.69, 9.17) is 14.2 Å². The van der Waals surface area contributed by atoms with Gasteiger partial charge in [0.2, 0.25) is 11.7 Å². The van der Waals surface area contributed by atoms with Crippen molar-refractivity contribution in [3.63, 3.8) is 0 Å². The van der Waals surface area contributed by atoms with Gasteiger partial charge in [-0.2, -0.15) is 0 Å². The number of carbonyl (C=O) groups is 1. The smallest absolute Gasteiger partial charge is 0.220 e. The molecule has 1 amide bonds. The molecular formula is C23H30N2O4. The molecule has 0 aliphatic carbocycles. The number of amides is 1. The van der Waals surface area contributed by atoms with E-state index in [1.54, 1.807) is 21.3 Å². The number of anilines is 1. The maximum Gasteiger partial charge on any atom is 0.220 e. The minimum Gasteiger partial charge on any atom is -0.493 e. The average molecular weight is 399 g/mol. The molecule has 1 heterocycles. The first-order valence-corrected chi connectivity index (χ1v) is 10.00. The van der Waals surface area contributed by atoms with Gasteiger partial charge in [-0.1, -0.05) is 18.2 Å². The minimum atomic E-state index is 0.0666. The summed E-state index contributed by atoms with van der Waals surface area (Å²) in [5, 5.41) is 3.09. The van der Waals surface area contributed by atoms with Gasteiger partial charge in [-0.15, -0.1) is 0 Å². The van der Waals surface area contributed by atoms with E-state index in [1.807, 2.05) is 18.2 Å². The van der Waals surface area contributed by atoms with Crippen molar-refractivity contribution in [3.8, 4) is 17.2 Å². The summed E-state index contributed by atoms with van der Waals surface area (Å²) >= 11 is 0. The quantitative estimate of drug-likeness (QED) is 0.702. The molecule has 6 nitrogen and oxygen atoms in total. The maximum atomic E-state index is 12.3. The molecule has 1 aliphatic rings. The van der Waals surface area contributed by atoms with E-state index < -0.39 is 0 Å². The van der Waals surface area contributed by atoms with Crippen LogP contribution in [0.15, 0.2) is 42.5 Å². The van der Waals surface area contributed by atoms with E-state index in [2.05, 4.69) is 34.5 Å². The first kappa shape index (κ1) is 20.8. The van der Waals surface area contributed by atoms with Crippen LogP contribution in [0.4, 0.5) is 5.69 Å². The monoisotopic (exact) mass is 398 g/mol. The van der Waals surface area contributed by atoms with Crippen molar-refractivity contribution in [2.45, 2.75) is 19.3 Å². The Balaban J connectivity index is 1.47. The van der Waals surface area contributed by atoms with Crippen molar-refractivity contribution in [1.29, 1.82) is 0 Å². The number of nitrogens with zero attached hydrogens (tertiary/aromatic N) is 1. The summed E-state index contributed by atoms with van der Waals surface area (Å²) in [5.74, 6) is 2.33. The van der Waals surface area contributed by atoms with Crippen molar-refractivity contribution in [2.75, 3.05) is 45.9 Å². The van der Waals surface area contributed by atoms with Crippen LogP contribution < -0.4 is 24.4 Å². The Morgan fingerprint density at radius 2 is 1.76 bits per heavy atom. The van der Waals surface area contributed by atoms with Crippen LogP contribution in [0.25, 0.3) is 0 Å².